The monoisotopic (exact) mass is 512 g/mol. The van der Waals surface area contributed by atoms with Crippen molar-refractivity contribution in [1.29, 1.82) is 0 Å². The van der Waals surface area contributed by atoms with Crippen LogP contribution in [0.4, 0.5) is 4.79 Å². The molecular weight excluding hydrogens is 484 g/mol. The molecular formula is C30H28N2O6. The maximum absolute atomic E-state index is 12.7. The van der Waals surface area contributed by atoms with Crippen LogP contribution < -0.4 is 9.47 Å². The van der Waals surface area contributed by atoms with Gasteiger partial charge in [-0.3, -0.25) is 9.69 Å². The lowest BCUT2D eigenvalue weighted by Crippen LogP contribution is -2.37. The molecule has 0 aliphatic carbocycles. The Kier molecular flexibility index (Phi) is 8.56. The van der Waals surface area contributed by atoms with E-state index >= 15 is 0 Å². The largest absolute Gasteiger partial charge is 0.497 e. The molecule has 0 fully saturated rings. The van der Waals surface area contributed by atoms with E-state index in [2.05, 4.69) is 4.98 Å². The number of carbonyl (C=O) groups excluding carboxylic acids is 1. The molecule has 0 spiro atoms. The summed E-state index contributed by atoms with van der Waals surface area (Å²) < 4.78 is 16.3. The first-order valence-electron chi connectivity index (χ1n) is 12.0. The quantitative estimate of drug-likeness (QED) is 0.278. The summed E-state index contributed by atoms with van der Waals surface area (Å²) in [6.45, 7) is 1.47. The molecule has 0 bridgehead atoms. The number of aromatic nitrogens is 1. The highest BCUT2D eigenvalue weighted by Crippen LogP contribution is 2.22. The molecule has 194 valence electrons. The van der Waals surface area contributed by atoms with Crippen LogP contribution in [-0.4, -0.2) is 40.7 Å². The Morgan fingerprint density at radius 2 is 1.74 bits per heavy atom. The molecule has 8 nitrogen and oxygen atoms in total. The minimum atomic E-state index is -1.13. The Labute approximate surface area is 220 Å². The van der Waals surface area contributed by atoms with Crippen molar-refractivity contribution in [1.82, 2.24) is 9.88 Å². The molecule has 0 atom stereocenters. The van der Waals surface area contributed by atoms with E-state index in [1.807, 2.05) is 73.7 Å². The van der Waals surface area contributed by atoms with E-state index in [1.165, 1.54) is 7.11 Å². The molecule has 38 heavy (non-hydrogen) atoms. The lowest BCUT2D eigenvalue weighted by Gasteiger charge is -2.20. The second kappa shape index (κ2) is 12.4. The number of hydrogen-bond donors (Lipinski definition) is 1. The fourth-order valence-electron chi connectivity index (χ4n) is 3.80. The summed E-state index contributed by atoms with van der Waals surface area (Å²) in [7, 11) is 1.54. The third-order valence-electron chi connectivity index (χ3n) is 5.71. The van der Waals surface area contributed by atoms with Gasteiger partial charge in [0.15, 0.2) is 0 Å². The second-order valence-electron chi connectivity index (χ2n) is 8.53. The van der Waals surface area contributed by atoms with E-state index in [-0.39, 0.29) is 6.54 Å². The molecule has 0 radical (unpaired) electrons. The Balaban J connectivity index is 1.41. The molecule has 0 saturated carbocycles. The number of hydrogen-bond acceptors (Lipinski definition) is 6. The predicted molar refractivity (Wildman–Crippen MR) is 143 cm³/mol. The number of carbonyl (C=O) groups is 2. The fourth-order valence-corrected chi connectivity index (χ4v) is 3.80. The van der Waals surface area contributed by atoms with Gasteiger partial charge in [0.25, 0.3) is 0 Å². The first-order chi connectivity index (χ1) is 18.4. The van der Waals surface area contributed by atoms with Gasteiger partial charge in [0.1, 0.15) is 23.8 Å². The van der Waals surface area contributed by atoms with E-state index in [1.54, 1.807) is 24.3 Å². The summed E-state index contributed by atoms with van der Waals surface area (Å²) in [5.74, 6) is 1.13. The standard InChI is InChI=1S/C30H28N2O6/c1-21-27(31-29(37-21)24-11-4-3-5-12-24)13-7-9-22-8-6-10-23(18-22)19-32(20-28(33)34)30(35)38-26-16-14-25(36-2)15-17-26/h3-12,14-18H,13,19-20H2,1-2H3,(H,33,34). The molecule has 4 aromatic rings. The third kappa shape index (κ3) is 7.10. The van der Waals surface area contributed by atoms with Crippen LogP contribution in [0, 0.1) is 6.92 Å². The van der Waals surface area contributed by atoms with Crippen molar-refractivity contribution in [3.8, 4) is 23.0 Å². The van der Waals surface area contributed by atoms with Crippen molar-refractivity contribution in [2.45, 2.75) is 19.9 Å². The third-order valence-corrected chi connectivity index (χ3v) is 5.71. The van der Waals surface area contributed by atoms with Crippen molar-refractivity contribution in [2.24, 2.45) is 0 Å². The number of aryl methyl sites for hydroxylation is 1. The first kappa shape index (κ1) is 26.2. The van der Waals surface area contributed by atoms with Crippen LogP contribution in [0.3, 0.4) is 0 Å². The zero-order valence-corrected chi connectivity index (χ0v) is 21.2. The fraction of sp³-hybridized carbons (Fsp3) is 0.167. The van der Waals surface area contributed by atoms with Crippen molar-refractivity contribution in [3.05, 3.63) is 108 Å². The van der Waals surface area contributed by atoms with Crippen molar-refractivity contribution in [2.75, 3.05) is 13.7 Å². The highest BCUT2D eigenvalue weighted by atomic mass is 16.6. The van der Waals surface area contributed by atoms with Gasteiger partial charge in [-0.2, -0.15) is 0 Å². The van der Waals surface area contributed by atoms with E-state index in [9.17, 15) is 14.7 Å². The molecule has 0 saturated heterocycles. The summed E-state index contributed by atoms with van der Waals surface area (Å²) in [4.78, 5) is 29.9. The highest BCUT2D eigenvalue weighted by molar-refractivity contribution is 5.78. The number of carboxylic acid groups (broad SMARTS) is 1. The Morgan fingerprint density at radius 1 is 1.00 bits per heavy atom. The van der Waals surface area contributed by atoms with Gasteiger partial charge in [-0.05, 0) is 60.5 Å². The van der Waals surface area contributed by atoms with Gasteiger partial charge in [0, 0.05) is 18.5 Å². The minimum absolute atomic E-state index is 0.0752. The zero-order valence-electron chi connectivity index (χ0n) is 21.2. The number of allylic oxidation sites excluding steroid dienone is 1. The predicted octanol–water partition coefficient (Wildman–Crippen LogP) is 6.00. The first-order valence-corrected chi connectivity index (χ1v) is 12.0. The van der Waals surface area contributed by atoms with Gasteiger partial charge in [0.05, 0.1) is 12.8 Å². The molecule has 1 heterocycles. The number of oxazole rings is 1. The van der Waals surface area contributed by atoms with Gasteiger partial charge in [-0.1, -0.05) is 48.6 Å². The number of benzene rings is 3. The van der Waals surface area contributed by atoms with Gasteiger partial charge >= 0.3 is 12.1 Å². The van der Waals surface area contributed by atoms with Crippen molar-refractivity contribution in [3.63, 3.8) is 0 Å². The Bertz CT molecular complexity index is 1410. The Morgan fingerprint density at radius 3 is 2.45 bits per heavy atom. The van der Waals surface area contributed by atoms with Crippen molar-refractivity contribution >= 4 is 18.1 Å². The summed E-state index contributed by atoms with van der Waals surface area (Å²) in [5.41, 5.74) is 3.45. The number of rotatable bonds is 10. The summed E-state index contributed by atoms with van der Waals surface area (Å²) in [6, 6.07) is 23.7. The lowest BCUT2D eigenvalue weighted by molar-refractivity contribution is -0.138. The molecule has 0 aliphatic heterocycles. The highest BCUT2D eigenvalue weighted by Gasteiger charge is 2.20. The van der Waals surface area contributed by atoms with E-state index < -0.39 is 18.6 Å². The smallest absolute Gasteiger partial charge is 0.416 e. The average molecular weight is 513 g/mol. The van der Waals surface area contributed by atoms with Crippen LogP contribution in [0.1, 0.15) is 22.6 Å². The van der Waals surface area contributed by atoms with Gasteiger partial charge in [-0.15, -0.1) is 0 Å². The number of nitrogens with zero attached hydrogens (tertiary/aromatic N) is 2. The van der Waals surface area contributed by atoms with Crippen LogP contribution in [-0.2, 0) is 17.8 Å². The molecule has 0 unspecified atom stereocenters. The normalized spacial score (nSPS) is 10.9. The topological polar surface area (TPSA) is 102 Å². The molecule has 0 aliphatic rings. The summed E-state index contributed by atoms with van der Waals surface area (Å²) >= 11 is 0. The molecule has 8 heteroatoms. The van der Waals surface area contributed by atoms with E-state index in [4.69, 9.17) is 13.9 Å². The van der Waals surface area contributed by atoms with Crippen molar-refractivity contribution < 1.29 is 28.6 Å². The average Bonchev–Trinajstić information content (AvgIpc) is 3.29. The molecule has 1 N–H and O–H groups in total. The number of methoxy groups -OCH3 is 1. The molecule has 1 aromatic heterocycles. The zero-order chi connectivity index (χ0) is 26.9. The van der Waals surface area contributed by atoms with Gasteiger partial charge in [-0.25, -0.2) is 9.78 Å². The van der Waals surface area contributed by atoms with E-state index in [0.29, 0.717) is 23.8 Å². The van der Waals surface area contributed by atoms with Crippen LogP contribution >= 0.6 is 0 Å². The van der Waals surface area contributed by atoms with E-state index in [0.717, 1.165) is 33.0 Å². The van der Waals surface area contributed by atoms with Crippen LogP contribution in [0.2, 0.25) is 0 Å². The molecule has 1 amide bonds. The molecule has 3 aromatic carbocycles. The Hall–Kier alpha value is -4.85. The SMILES string of the molecule is COc1ccc(OC(=O)N(CC(=O)O)Cc2cccc(C=CCc3nc(-c4ccccc4)oc3C)c2)cc1. The van der Waals surface area contributed by atoms with Crippen LogP contribution in [0.25, 0.3) is 17.5 Å². The second-order valence-corrected chi connectivity index (χ2v) is 8.53. The number of ether oxygens (including phenoxy) is 2. The van der Waals surface area contributed by atoms with Gasteiger partial charge < -0.3 is 19.0 Å². The summed E-state index contributed by atoms with van der Waals surface area (Å²) in [5, 5.41) is 9.33. The number of carboxylic acids is 1. The van der Waals surface area contributed by atoms with Gasteiger partial charge in [0.2, 0.25) is 5.89 Å². The number of aliphatic carboxylic acids is 1. The molecule has 4 rings (SSSR count). The minimum Gasteiger partial charge on any atom is -0.497 e. The van der Waals surface area contributed by atoms with Crippen LogP contribution in [0.5, 0.6) is 11.5 Å². The maximum atomic E-state index is 12.7. The lowest BCUT2D eigenvalue weighted by atomic mass is 10.1. The van der Waals surface area contributed by atoms with Crippen LogP contribution in [0.15, 0.2) is 89.4 Å². The maximum Gasteiger partial charge on any atom is 0.416 e. The summed E-state index contributed by atoms with van der Waals surface area (Å²) in [6.07, 6.45) is 3.78. The number of amides is 1.